The Morgan fingerprint density at radius 1 is 0.304 bits per heavy atom. The van der Waals surface area contributed by atoms with Gasteiger partial charge in [0.2, 0.25) is 0 Å². The first kappa shape index (κ1) is 43.0. The molecule has 0 radical (unpaired) electrons. The Kier molecular flexibility index (Phi) is 10.2. The Bertz CT molecular complexity index is 4130. The van der Waals surface area contributed by atoms with Crippen LogP contribution in [0.15, 0.2) is 174 Å². The van der Waals surface area contributed by atoms with Crippen LogP contribution in [0.25, 0.3) is 98.4 Å². The zero-order valence-corrected chi connectivity index (χ0v) is 41.0. The first-order chi connectivity index (χ1) is 33.5. The third-order valence-corrected chi connectivity index (χ3v) is 16.0. The van der Waals surface area contributed by atoms with Crippen LogP contribution in [0.1, 0.15) is 0 Å². The molecule has 0 aliphatic heterocycles. The van der Waals surface area contributed by atoms with Gasteiger partial charge in [-0.2, -0.15) is 0 Å². The number of fused-ring (bicyclic) bond motifs is 9. The van der Waals surface area contributed by atoms with Gasteiger partial charge in [0.05, 0.1) is 0 Å². The van der Waals surface area contributed by atoms with Crippen molar-refractivity contribution >= 4 is 202 Å². The average molecular weight is 870 g/mol. The van der Waals surface area contributed by atoms with E-state index >= 15 is 0 Å². The predicted molar refractivity (Wildman–Crippen MR) is 328 cm³/mol. The minimum Gasteiger partial charge on any atom is -0.455 e. The van der Waals surface area contributed by atoms with E-state index < -0.39 is 0 Å². The number of nitrogens with zero attached hydrogens (tertiary/aromatic N) is 1. The molecule has 0 fully saturated rings. The lowest BCUT2D eigenvalue weighted by atomic mass is 9.58. The van der Waals surface area contributed by atoms with Crippen molar-refractivity contribution in [2.24, 2.45) is 0 Å². The molecule has 0 aliphatic carbocycles. The van der Waals surface area contributed by atoms with Gasteiger partial charge in [0.15, 0.2) is 0 Å². The molecule has 2 nitrogen and oxygen atoms in total. The summed E-state index contributed by atoms with van der Waals surface area (Å²) in [4.78, 5) is 2.45. The molecule has 0 N–H and O–H groups in total. The van der Waals surface area contributed by atoms with Crippen LogP contribution in [0.4, 0.5) is 17.1 Å². The zero-order valence-electron chi connectivity index (χ0n) is 41.0. The van der Waals surface area contributed by atoms with Gasteiger partial charge < -0.3 is 9.32 Å². The fourth-order valence-corrected chi connectivity index (χ4v) is 11.9. The van der Waals surface area contributed by atoms with Crippen LogP contribution in [0.5, 0.6) is 0 Å². The molecule has 0 spiro atoms. The van der Waals surface area contributed by atoms with Gasteiger partial charge in [0, 0.05) is 33.4 Å². The third-order valence-electron chi connectivity index (χ3n) is 16.0. The van der Waals surface area contributed by atoms with E-state index in [1.165, 1.54) is 103 Å². The Morgan fingerprint density at radius 3 is 1.59 bits per heavy atom. The summed E-state index contributed by atoms with van der Waals surface area (Å²) in [5, 5.41) is 12.8. The van der Waals surface area contributed by atoms with Gasteiger partial charge in [-0.25, -0.2) is 0 Å². The molecular formula is C58H46B9NO. The lowest BCUT2D eigenvalue weighted by molar-refractivity contribution is 0.670. The largest absolute Gasteiger partial charge is 0.455 e. The maximum atomic E-state index is 6.70. The van der Waals surface area contributed by atoms with Crippen LogP contribution < -0.4 is 54.1 Å². The maximum absolute atomic E-state index is 6.70. The van der Waals surface area contributed by atoms with E-state index in [1.54, 1.807) is 0 Å². The van der Waals surface area contributed by atoms with E-state index in [9.17, 15) is 0 Å². The first-order valence-electron chi connectivity index (χ1n) is 24.3. The highest BCUT2D eigenvalue weighted by molar-refractivity contribution is 6.74. The van der Waals surface area contributed by atoms with Gasteiger partial charge in [-0.1, -0.05) is 160 Å². The lowest BCUT2D eigenvalue weighted by Crippen LogP contribution is -2.51. The van der Waals surface area contributed by atoms with Crippen LogP contribution in [-0.4, -0.2) is 70.6 Å². The van der Waals surface area contributed by atoms with Crippen molar-refractivity contribution < 1.29 is 4.42 Å². The summed E-state index contributed by atoms with van der Waals surface area (Å²) in [5.74, 6) is 0. The Hall–Kier alpha value is -7.36. The molecule has 0 aliphatic rings. The monoisotopic (exact) mass is 871 g/mol. The summed E-state index contributed by atoms with van der Waals surface area (Å²) in [5.41, 5.74) is 24.4. The summed E-state index contributed by atoms with van der Waals surface area (Å²) in [6.45, 7) is 0. The SMILES string of the molecule is Bc1c(B)c(B)c2c(c1B)c(B)c(B)c1c(B)c(B)c(-c3ccc(N(c4cc(-c5ccccc5)cc(-c5cccc6c5oc5ccccc56)c4)c4ccc5ccc6ccccc6c5c4)cc3)c(B)c12. The second-order valence-electron chi connectivity index (χ2n) is 19.5. The molecule has 69 heavy (non-hydrogen) atoms. The molecule has 1 aromatic heterocycles. The number of furan rings is 1. The summed E-state index contributed by atoms with van der Waals surface area (Å²) in [6, 6.07) is 62.2. The summed E-state index contributed by atoms with van der Waals surface area (Å²) in [6.07, 6.45) is 0. The molecule has 12 rings (SSSR count). The second kappa shape index (κ2) is 16.4. The minimum absolute atomic E-state index is 0.894. The predicted octanol–water partition coefficient (Wildman–Crippen LogP) is 0.995. The van der Waals surface area contributed by atoms with E-state index in [2.05, 4.69) is 239 Å². The van der Waals surface area contributed by atoms with E-state index in [4.69, 9.17) is 4.42 Å². The molecule has 0 saturated carbocycles. The Labute approximate surface area is 412 Å². The number of benzene rings is 11. The van der Waals surface area contributed by atoms with Crippen LogP contribution in [0, 0.1) is 0 Å². The third kappa shape index (κ3) is 6.68. The summed E-state index contributed by atoms with van der Waals surface area (Å²) >= 11 is 0. The number of hydrogen-bond acceptors (Lipinski definition) is 2. The molecule has 11 aromatic carbocycles. The van der Waals surface area contributed by atoms with Gasteiger partial charge in [-0.15, -0.1) is 10.9 Å². The highest BCUT2D eigenvalue weighted by Crippen LogP contribution is 2.44. The quantitative estimate of drug-likeness (QED) is 0.184. The van der Waals surface area contributed by atoms with E-state index in [-0.39, 0.29) is 0 Å². The number of anilines is 3. The molecule has 0 atom stereocenters. The number of rotatable bonds is 6. The van der Waals surface area contributed by atoms with E-state index in [0.29, 0.717) is 0 Å². The van der Waals surface area contributed by atoms with Crippen molar-refractivity contribution in [3.63, 3.8) is 0 Å². The van der Waals surface area contributed by atoms with Gasteiger partial charge >= 0.3 is 0 Å². The van der Waals surface area contributed by atoms with Crippen molar-refractivity contribution in [2.45, 2.75) is 0 Å². The molecule has 0 amide bonds. The van der Waals surface area contributed by atoms with Crippen LogP contribution in [0.2, 0.25) is 0 Å². The molecule has 11 heteroatoms. The van der Waals surface area contributed by atoms with Crippen LogP contribution >= 0.6 is 0 Å². The maximum Gasteiger partial charge on any atom is 0.143 e. The van der Waals surface area contributed by atoms with Crippen molar-refractivity contribution in [2.75, 3.05) is 4.90 Å². The number of para-hydroxylation sites is 2. The standard InChI is InChI=1S/C58H46B9NO/c59-49-44(50(60)52(62)47-45(49)46-48(54(64)53(47)63)55(65)57(67)56(66)51(46)61)32-20-22-35(23-21-32)68(36-24-19-31-18-17-30-11-4-5-12-38(30)42(31)28-36)37-26-33(29-9-2-1-3-10-29)25-34(27-37)39-14-8-15-41-40-13-6-7-16-43(40)69-58(39)41/h1-28H,59-67H2. The molecule has 0 bridgehead atoms. The van der Waals surface area contributed by atoms with E-state index in [0.717, 1.165) is 61.3 Å². The lowest BCUT2D eigenvalue weighted by Gasteiger charge is -2.28. The van der Waals surface area contributed by atoms with Crippen molar-refractivity contribution in [3.05, 3.63) is 170 Å². The van der Waals surface area contributed by atoms with Gasteiger partial charge in [0.25, 0.3) is 0 Å². The molecule has 12 aromatic rings. The average Bonchev–Trinajstić information content (AvgIpc) is 3.77. The van der Waals surface area contributed by atoms with Crippen LogP contribution in [0.3, 0.4) is 0 Å². The van der Waals surface area contributed by atoms with Crippen molar-refractivity contribution in [1.29, 1.82) is 0 Å². The van der Waals surface area contributed by atoms with Gasteiger partial charge in [-0.05, 0) is 119 Å². The van der Waals surface area contributed by atoms with Crippen molar-refractivity contribution in [3.8, 4) is 33.4 Å². The summed E-state index contributed by atoms with van der Waals surface area (Å²) < 4.78 is 6.70. The topological polar surface area (TPSA) is 16.4 Å². The minimum atomic E-state index is 0.894. The molecule has 0 unspecified atom stereocenters. The fourth-order valence-electron chi connectivity index (χ4n) is 11.9. The number of hydrogen-bond donors (Lipinski definition) is 0. The molecule has 1 heterocycles. The van der Waals surface area contributed by atoms with Gasteiger partial charge in [0.1, 0.15) is 81.8 Å². The normalized spacial score (nSPS) is 11.7. The molecule has 316 valence electrons. The first-order valence-corrected chi connectivity index (χ1v) is 24.3. The van der Waals surface area contributed by atoms with Crippen molar-refractivity contribution in [1.82, 2.24) is 0 Å². The van der Waals surface area contributed by atoms with Crippen LogP contribution in [-0.2, 0) is 0 Å². The Balaban J connectivity index is 1.10. The highest BCUT2D eigenvalue weighted by atomic mass is 16.3. The fraction of sp³-hybridized carbons (Fsp3) is 0. The smallest absolute Gasteiger partial charge is 0.143 e. The summed E-state index contributed by atoms with van der Waals surface area (Å²) in [7, 11) is 20.9. The molecular weight excluding hydrogens is 824 g/mol. The Morgan fingerprint density at radius 2 is 0.855 bits per heavy atom. The second-order valence-corrected chi connectivity index (χ2v) is 19.5. The zero-order chi connectivity index (χ0) is 47.4. The van der Waals surface area contributed by atoms with E-state index in [1.807, 2.05) is 6.07 Å². The van der Waals surface area contributed by atoms with Gasteiger partial charge in [-0.3, -0.25) is 0 Å². The molecule has 0 saturated heterocycles. The highest BCUT2D eigenvalue weighted by Gasteiger charge is 2.23.